The first-order chi connectivity index (χ1) is 10.9. The number of carbonyl (C=O) groups excluding carboxylic acids is 1. The van der Waals surface area contributed by atoms with Crippen LogP contribution in [0.4, 0.5) is 0 Å². The average molecular weight is 312 g/mol. The number of hydrogen-bond donors (Lipinski definition) is 1. The van der Waals surface area contributed by atoms with Crippen molar-refractivity contribution in [3.05, 3.63) is 47.8 Å². The molecule has 1 unspecified atom stereocenters. The van der Waals surface area contributed by atoms with Gasteiger partial charge in [0.05, 0.1) is 5.69 Å². The minimum Gasteiger partial charge on any atom is -0.338 e. The first kappa shape index (κ1) is 15.7. The monoisotopic (exact) mass is 312 g/mol. The lowest BCUT2D eigenvalue weighted by molar-refractivity contribution is 0.0533. The summed E-state index contributed by atoms with van der Waals surface area (Å²) in [5.74, 6) is 0.0775. The van der Waals surface area contributed by atoms with Crippen LogP contribution in [-0.4, -0.2) is 39.7 Å². The van der Waals surface area contributed by atoms with Crippen LogP contribution < -0.4 is 5.73 Å². The molecule has 1 fully saturated rings. The highest BCUT2D eigenvalue weighted by Gasteiger charge is 2.35. The zero-order valence-corrected chi connectivity index (χ0v) is 14.0. The summed E-state index contributed by atoms with van der Waals surface area (Å²) in [5, 5.41) is 4.29. The molecule has 1 aromatic carbocycles. The number of nitrogens with zero attached hydrogens (tertiary/aromatic N) is 3. The SMILES string of the molecule is Cc1ccnn1-c1ccc(C(=O)N2CCC(N)C(C)(C)C2)cc1. The highest BCUT2D eigenvalue weighted by atomic mass is 16.2. The molecule has 0 radical (unpaired) electrons. The maximum atomic E-state index is 12.7. The molecule has 1 aliphatic rings. The Morgan fingerprint density at radius 2 is 1.96 bits per heavy atom. The van der Waals surface area contributed by atoms with Gasteiger partial charge in [-0.15, -0.1) is 0 Å². The minimum atomic E-state index is -0.0416. The van der Waals surface area contributed by atoms with Gasteiger partial charge in [0.2, 0.25) is 0 Å². The molecule has 1 aromatic heterocycles. The van der Waals surface area contributed by atoms with E-state index in [2.05, 4.69) is 18.9 Å². The molecule has 2 aromatic rings. The molecule has 0 saturated carbocycles. The van der Waals surface area contributed by atoms with E-state index in [1.807, 2.05) is 46.8 Å². The van der Waals surface area contributed by atoms with E-state index in [4.69, 9.17) is 5.73 Å². The molecule has 0 bridgehead atoms. The van der Waals surface area contributed by atoms with Gasteiger partial charge >= 0.3 is 0 Å². The summed E-state index contributed by atoms with van der Waals surface area (Å²) >= 11 is 0. The van der Waals surface area contributed by atoms with Crippen LogP contribution in [0, 0.1) is 12.3 Å². The van der Waals surface area contributed by atoms with Crippen molar-refractivity contribution in [2.45, 2.75) is 33.2 Å². The first-order valence-electron chi connectivity index (χ1n) is 8.04. The number of amides is 1. The quantitative estimate of drug-likeness (QED) is 0.926. The van der Waals surface area contributed by atoms with Crippen LogP contribution in [0.2, 0.25) is 0 Å². The van der Waals surface area contributed by atoms with Gasteiger partial charge in [0.25, 0.3) is 5.91 Å². The van der Waals surface area contributed by atoms with E-state index >= 15 is 0 Å². The van der Waals surface area contributed by atoms with Crippen LogP contribution in [0.1, 0.15) is 36.3 Å². The largest absolute Gasteiger partial charge is 0.338 e. The summed E-state index contributed by atoms with van der Waals surface area (Å²) in [7, 11) is 0. The van der Waals surface area contributed by atoms with Gasteiger partial charge in [-0.1, -0.05) is 13.8 Å². The van der Waals surface area contributed by atoms with Crippen molar-refractivity contribution in [1.82, 2.24) is 14.7 Å². The van der Waals surface area contributed by atoms with Crippen molar-refractivity contribution in [3.63, 3.8) is 0 Å². The molecule has 5 heteroatoms. The molecule has 0 aliphatic carbocycles. The fraction of sp³-hybridized carbons (Fsp3) is 0.444. The Kier molecular flexibility index (Phi) is 3.98. The molecule has 3 rings (SSSR count). The maximum absolute atomic E-state index is 12.7. The standard InChI is InChI=1S/C18H24N4O/c1-13-8-10-20-22(13)15-6-4-14(5-7-15)17(23)21-11-9-16(19)18(2,3)12-21/h4-8,10,16H,9,11-12,19H2,1-3H3. The Morgan fingerprint density at radius 3 is 2.52 bits per heavy atom. The second kappa shape index (κ2) is 5.81. The number of piperidine rings is 1. The maximum Gasteiger partial charge on any atom is 0.253 e. The smallest absolute Gasteiger partial charge is 0.253 e. The molecule has 122 valence electrons. The summed E-state index contributed by atoms with van der Waals surface area (Å²) in [4.78, 5) is 14.6. The predicted octanol–water partition coefficient (Wildman–Crippen LogP) is 2.38. The van der Waals surface area contributed by atoms with Crippen LogP contribution in [0.5, 0.6) is 0 Å². The lowest BCUT2D eigenvalue weighted by Crippen LogP contribution is -2.53. The fourth-order valence-electron chi connectivity index (χ4n) is 3.11. The summed E-state index contributed by atoms with van der Waals surface area (Å²) in [5.41, 5.74) is 8.85. The minimum absolute atomic E-state index is 0.0416. The van der Waals surface area contributed by atoms with E-state index in [-0.39, 0.29) is 17.4 Å². The molecule has 1 saturated heterocycles. The number of likely N-dealkylation sites (tertiary alicyclic amines) is 1. The van der Waals surface area contributed by atoms with Gasteiger partial charge in [-0.05, 0) is 49.1 Å². The topological polar surface area (TPSA) is 64.2 Å². The van der Waals surface area contributed by atoms with Crippen molar-refractivity contribution in [2.24, 2.45) is 11.1 Å². The number of aromatic nitrogens is 2. The van der Waals surface area contributed by atoms with E-state index < -0.39 is 0 Å². The molecule has 1 amide bonds. The number of nitrogens with two attached hydrogens (primary N) is 1. The van der Waals surface area contributed by atoms with Gasteiger partial charge in [0, 0.05) is 36.6 Å². The zero-order chi connectivity index (χ0) is 16.6. The lowest BCUT2D eigenvalue weighted by atomic mass is 9.79. The first-order valence-corrected chi connectivity index (χ1v) is 8.04. The van der Waals surface area contributed by atoms with E-state index in [0.29, 0.717) is 12.1 Å². The molecule has 1 atom stereocenters. The van der Waals surface area contributed by atoms with E-state index in [1.165, 1.54) is 0 Å². The van der Waals surface area contributed by atoms with Crippen molar-refractivity contribution in [3.8, 4) is 5.69 Å². The molecule has 23 heavy (non-hydrogen) atoms. The molecule has 2 N–H and O–H groups in total. The number of aryl methyl sites for hydroxylation is 1. The third-order valence-corrected chi connectivity index (χ3v) is 4.79. The number of benzene rings is 1. The highest BCUT2D eigenvalue weighted by molar-refractivity contribution is 5.94. The lowest BCUT2D eigenvalue weighted by Gasteiger charge is -2.42. The molecule has 1 aliphatic heterocycles. The fourth-order valence-corrected chi connectivity index (χ4v) is 3.11. The normalized spacial score (nSPS) is 20.5. The van der Waals surface area contributed by atoms with E-state index in [9.17, 15) is 4.79 Å². The van der Waals surface area contributed by atoms with Crippen molar-refractivity contribution >= 4 is 5.91 Å². The average Bonchev–Trinajstić information content (AvgIpc) is 2.95. The van der Waals surface area contributed by atoms with Crippen LogP contribution >= 0.6 is 0 Å². The molecule has 5 nitrogen and oxygen atoms in total. The van der Waals surface area contributed by atoms with E-state index in [0.717, 1.165) is 24.3 Å². The Labute approximate surface area is 137 Å². The second-order valence-corrected chi connectivity index (χ2v) is 7.04. The third-order valence-electron chi connectivity index (χ3n) is 4.79. The molecule has 2 heterocycles. The number of rotatable bonds is 2. The number of carbonyl (C=O) groups is 1. The van der Waals surface area contributed by atoms with Gasteiger partial charge < -0.3 is 10.6 Å². The molecule has 0 spiro atoms. The van der Waals surface area contributed by atoms with Crippen LogP contribution in [-0.2, 0) is 0 Å². The number of hydrogen-bond acceptors (Lipinski definition) is 3. The van der Waals surface area contributed by atoms with Crippen molar-refractivity contribution < 1.29 is 4.79 Å². The Morgan fingerprint density at radius 1 is 1.26 bits per heavy atom. The van der Waals surface area contributed by atoms with Crippen molar-refractivity contribution in [1.29, 1.82) is 0 Å². The van der Waals surface area contributed by atoms with Gasteiger partial charge in [-0.25, -0.2) is 4.68 Å². The zero-order valence-electron chi connectivity index (χ0n) is 14.0. The van der Waals surface area contributed by atoms with Gasteiger partial charge in [-0.3, -0.25) is 4.79 Å². The van der Waals surface area contributed by atoms with Crippen molar-refractivity contribution in [2.75, 3.05) is 13.1 Å². The molecular weight excluding hydrogens is 288 g/mol. The molecular formula is C18H24N4O. The van der Waals surface area contributed by atoms with Gasteiger partial charge in [0.1, 0.15) is 0 Å². The van der Waals surface area contributed by atoms with Gasteiger partial charge in [-0.2, -0.15) is 5.10 Å². The van der Waals surface area contributed by atoms with Crippen LogP contribution in [0.15, 0.2) is 36.5 Å². The summed E-state index contributed by atoms with van der Waals surface area (Å²) < 4.78 is 1.86. The van der Waals surface area contributed by atoms with Crippen LogP contribution in [0.25, 0.3) is 5.69 Å². The third kappa shape index (κ3) is 3.01. The summed E-state index contributed by atoms with van der Waals surface area (Å²) in [6.45, 7) is 7.68. The Hall–Kier alpha value is -2.14. The van der Waals surface area contributed by atoms with Gasteiger partial charge in [0.15, 0.2) is 0 Å². The summed E-state index contributed by atoms with van der Waals surface area (Å²) in [6, 6.07) is 9.73. The second-order valence-electron chi connectivity index (χ2n) is 7.04. The Bertz CT molecular complexity index is 702. The van der Waals surface area contributed by atoms with E-state index in [1.54, 1.807) is 6.20 Å². The van der Waals surface area contributed by atoms with Crippen LogP contribution in [0.3, 0.4) is 0 Å². The Balaban J connectivity index is 1.77. The highest BCUT2D eigenvalue weighted by Crippen LogP contribution is 2.28. The summed E-state index contributed by atoms with van der Waals surface area (Å²) in [6.07, 6.45) is 2.62. The predicted molar refractivity (Wildman–Crippen MR) is 90.6 cm³/mol.